The number of carbonyl (C=O) groups is 1. The van der Waals surface area contributed by atoms with Gasteiger partial charge in [0.2, 0.25) is 0 Å². The van der Waals surface area contributed by atoms with Crippen LogP contribution in [0, 0.1) is 6.92 Å². The molecule has 0 radical (unpaired) electrons. The quantitative estimate of drug-likeness (QED) is 0.428. The van der Waals surface area contributed by atoms with Crippen LogP contribution in [0.5, 0.6) is 0 Å². The average molecular weight is 462 g/mol. The fourth-order valence-electron chi connectivity index (χ4n) is 4.24. The summed E-state index contributed by atoms with van der Waals surface area (Å²) in [5.41, 5.74) is 4.49. The Kier molecular flexibility index (Phi) is 6.04. The van der Waals surface area contributed by atoms with Gasteiger partial charge in [-0.05, 0) is 43.2 Å². The molecule has 170 valence electrons. The molecule has 0 atom stereocenters. The van der Waals surface area contributed by atoms with Gasteiger partial charge in [0, 0.05) is 25.5 Å². The van der Waals surface area contributed by atoms with Crippen LogP contribution in [0.15, 0.2) is 42.4 Å². The number of unbranched alkanes of at least 4 members (excludes halogenated alkanes) is 1. The van der Waals surface area contributed by atoms with Crippen molar-refractivity contribution in [3.05, 3.63) is 64.9 Å². The van der Waals surface area contributed by atoms with E-state index in [1.54, 1.807) is 22.2 Å². The Labute approximate surface area is 196 Å². The van der Waals surface area contributed by atoms with Crippen molar-refractivity contribution in [1.82, 2.24) is 34.2 Å². The van der Waals surface area contributed by atoms with Gasteiger partial charge in [-0.25, -0.2) is 19.6 Å². The maximum atomic E-state index is 13.6. The Morgan fingerprint density at radius 3 is 2.94 bits per heavy atom. The van der Waals surface area contributed by atoms with Gasteiger partial charge in [-0.2, -0.15) is 5.10 Å². The number of aromatic nitrogens is 6. The van der Waals surface area contributed by atoms with Crippen molar-refractivity contribution in [2.24, 2.45) is 0 Å². The number of aryl methyl sites for hydroxylation is 2. The van der Waals surface area contributed by atoms with E-state index in [0.29, 0.717) is 24.6 Å². The van der Waals surface area contributed by atoms with E-state index in [-0.39, 0.29) is 5.91 Å². The largest absolute Gasteiger partial charge is 0.333 e. The second-order valence-electron chi connectivity index (χ2n) is 8.36. The lowest BCUT2D eigenvalue weighted by atomic mass is 10.1. The SMILES string of the molecule is CCCCc1c(C(=O)N2CCCn3cncc3C2)cnn1-c1ncc(C)c(-c2cccs2)n1. The van der Waals surface area contributed by atoms with Crippen LogP contribution in [-0.2, 0) is 19.5 Å². The Bertz CT molecular complexity index is 1260. The van der Waals surface area contributed by atoms with Crippen LogP contribution in [-0.4, -0.2) is 46.7 Å². The van der Waals surface area contributed by atoms with Crippen molar-refractivity contribution >= 4 is 17.2 Å². The average Bonchev–Trinajstić information content (AvgIpc) is 3.57. The third-order valence-electron chi connectivity index (χ3n) is 6.04. The lowest BCUT2D eigenvalue weighted by Crippen LogP contribution is -2.31. The molecule has 0 aliphatic carbocycles. The van der Waals surface area contributed by atoms with Crippen LogP contribution in [0.2, 0.25) is 0 Å². The maximum absolute atomic E-state index is 13.6. The van der Waals surface area contributed by atoms with Gasteiger partial charge in [0.05, 0.1) is 46.6 Å². The minimum atomic E-state index is 0.00703. The van der Waals surface area contributed by atoms with Crippen LogP contribution >= 0.6 is 11.3 Å². The fraction of sp³-hybridized carbons (Fsp3) is 0.375. The number of carbonyl (C=O) groups excluding carboxylic acids is 1. The summed E-state index contributed by atoms with van der Waals surface area (Å²) in [5.74, 6) is 0.510. The molecule has 0 aromatic carbocycles. The minimum Gasteiger partial charge on any atom is -0.333 e. The van der Waals surface area contributed by atoms with E-state index in [1.165, 1.54) is 0 Å². The van der Waals surface area contributed by atoms with E-state index >= 15 is 0 Å². The molecule has 9 heteroatoms. The smallest absolute Gasteiger partial charge is 0.257 e. The van der Waals surface area contributed by atoms with Crippen molar-refractivity contribution in [2.75, 3.05) is 6.54 Å². The summed E-state index contributed by atoms with van der Waals surface area (Å²) in [6, 6.07) is 4.08. The highest BCUT2D eigenvalue weighted by Crippen LogP contribution is 2.27. The number of thiophene rings is 1. The van der Waals surface area contributed by atoms with Crippen molar-refractivity contribution < 1.29 is 4.79 Å². The van der Waals surface area contributed by atoms with Crippen molar-refractivity contribution in [3.8, 4) is 16.5 Å². The van der Waals surface area contributed by atoms with Gasteiger partial charge in [-0.15, -0.1) is 11.3 Å². The Morgan fingerprint density at radius 1 is 1.21 bits per heavy atom. The number of imidazole rings is 1. The lowest BCUT2D eigenvalue weighted by Gasteiger charge is -2.20. The van der Waals surface area contributed by atoms with Crippen LogP contribution in [0.3, 0.4) is 0 Å². The van der Waals surface area contributed by atoms with Crippen molar-refractivity contribution in [2.45, 2.75) is 52.6 Å². The molecular formula is C24H27N7OS. The van der Waals surface area contributed by atoms with Gasteiger partial charge in [-0.3, -0.25) is 4.79 Å². The molecule has 0 fully saturated rings. The molecule has 4 aromatic heterocycles. The zero-order valence-corrected chi connectivity index (χ0v) is 19.8. The summed E-state index contributed by atoms with van der Waals surface area (Å²) >= 11 is 1.65. The van der Waals surface area contributed by atoms with E-state index in [4.69, 9.17) is 4.98 Å². The summed E-state index contributed by atoms with van der Waals surface area (Å²) in [4.78, 5) is 30.3. The standard InChI is InChI=1S/C24H27N7OS/c1-3-4-7-20-19(23(32)29-9-6-10-30-16-25-13-18(30)15-29)14-27-31(20)24-26-12-17(2)22(28-24)21-8-5-11-33-21/h5,8,11-14,16H,3-4,6-7,9-10,15H2,1-2H3. The molecule has 5 heterocycles. The Hall–Kier alpha value is -3.33. The lowest BCUT2D eigenvalue weighted by molar-refractivity contribution is 0.0744. The molecule has 1 amide bonds. The van der Waals surface area contributed by atoms with Gasteiger partial charge < -0.3 is 9.47 Å². The third kappa shape index (κ3) is 4.20. The van der Waals surface area contributed by atoms with Crippen molar-refractivity contribution in [1.29, 1.82) is 0 Å². The molecule has 4 aromatic rings. The molecule has 0 saturated carbocycles. The molecule has 1 aliphatic rings. The molecule has 5 rings (SSSR count). The summed E-state index contributed by atoms with van der Waals surface area (Å²) in [6.07, 6.45) is 10.8. The molecule has 33 heavy (non-hydrogen) atoms. The van der Waals surface area contributed by atoms with E-state index in [1.807, 2.05) is 42.0 Å². The number of amides is 1. The molecular weight excluding hydrogens is 434 g/mol. The first-order valence-electron chi connectivity index (χ1n) is 11.4. The molecule has 0 saturated heterocycles. The summed E-state index contributed by atoms with van der Waals surface area (Å²) in [5, 5.41) is 6.64. The van der Waals surface area contributed by atoms with Crippen molar-refractivity contribution in [3.63, 3.8) is 0 Å². The van der Waals surface area contributed by atoms with E-state index < -0.39 is 0 Å². The first-order valence-corrected chi connectivity index (χ1v) is 12.3. The van der Waals surface area contributed by atoms with Crippen LogP contribution in [0.25, 0.3) is 16.5 Å². The predicted molar refractivity (Wildman–Crippen MR) is 127 cm³/mol. The number of hydrogen-bond acceptors (Lipinski definition) is 6. The minimum absolute atomic E-state index is 0.00703. The van der Waals surface area contributed by atoms with E-state index in [2.05, 4.69) is 32.6 Å². The zero-order chi connectivity index (χ0) is 22.8. The first kappa shape index (κ1) is 21.5. The van der Waals surface area contributed by atoms with E-state index in [9.17, 15) is 4.79 Å². The molecule has 0 N–H and O–H groups in total. The molecule has 0 unspecified atom stereocenters. The first-order chi connectivity index (χ1) is 16.2. The van der Waals surface area contributed by atoms with Gasteiger partial charge in [0.25, 0.3) is 11.9 Å². The summed E-state index contributed by atoms with van der Waals surface area (Å²) in [6.45, 7) is 6.31. The van der Waals surface area contributed by atoms with E-state index in [0.717, 1.165) is 59.8 Å². The second kappa shape index (κ2) is 9.27. The van der Waals surface area contributed by atoms with Crippen LogP contribution < -0.4 is 0 Å². The highest BCUT2D eigenvalue weighted by molar-refractivity contribution is 7.13. The van der Waals surface area contributed by atoms with Crippen LogP contribution in [0.1, 0.15) is 53.5 Å². The van der Waals surface area contributed by atoms with Gasteiger partial charge in [0.15, 0.2) is 0 Å². The van der Waals surface area contributed by atoms with Crippen LogP contribution in [0.4, 0.5) is 0 Å². The maximum Gasteiger partial charge on any atom is 0.257 e. The number of nitrogens with zero attached hydrogens (tertiary/aromatic N) is 7. The molecule has 0 bridgehead atoms. The Morgan fingerprint density at radius 2 is 2.12 bits per heavy atom. The fourth-order valence-corrected chi connectivity index (χ4v) is 5.02. The number of rotatable bonds is 6. The monoisotopic (exact) mass is 461 g/mol. The molecule has 1 aliphatic heterocycles. The predicted octanol–water partition coefficient (Wildman–Crippen LogP) is 4.28. The highest BCUT2D eigenvalue weighted by atomic mass is 32.1. The van der Waals surface area contributed by atoms with Gasteiger partial charge in [0.1, 0.15) is 0 Å². The topological polar surface area (TPSA) is 81.7 Å². The highest BCUT2D eigenvalue weighted by Gasteiger charge is 2.26. The second-order valence-corrected chi connectivity index (χ2v) is 9.31. The summed E-state index contributed by atoms with van der Waals surface area (Å²) < 4.78 is 3.88. The van der Waals surface area contributed by atoms with Gasteiger partial charge in [-0.1, -0.05) is 19.4 Å². The van der Waals surface area contributed by atoms with Gasteiger partial charge >= 0.3 is 0 Å². The number of fused-ring (bicyclic) bond motifs is 1. The summed E-state index contributed by atoms with van der Waals surface area (Å²) in [7, 11) is 0. The molecule has 8 nitrogen and oxygen atoms in total. The Balaban J connectivity index is 1.51. The zero-order valence-electron chi connectivity index (χ0n) is 18.9. The number of hydrogen-bond donors (Lipinski definition) is 0. The molecule has 0 spiro atoms. The third-order valence-corrected chi connectivity index (χ3v) is 6.91. The normalized spacial score (nSPS) is 13.7.